The summed E-state index contributed by atoms with van der Waals surface area (Å²) in [6.07, 6.45) is 28.1. The lowest BCUT2D eigenvalue weighted by atomic mass is 10.0. The second kappa shape index (κ2) is 23.0. The van der Waals surface area contributed by atoms with Crippen molar-refractivity contribution in [3.05, 3.63) is 35.9 Å². The van der Waals surface area contributed by atoms with Gasteiger partial charge in [-0.2, -0.15) is 0 Å². The fraction of sp³-hybridized carbons (Fsp3) is 0.788. The SMILES string of the molecule is CCCCCCCCCCCCCCCCCCCCCC1=NCC[N+]1(CCO)Cc1ccccc1.[Cl-]. The molecule has 0 aromatic heterocycles. The van der Waals surface area contributed by atoms with E-state index in [1.807, 2.05) is 0 Å². The van der Waals surface area contributed by atoms with Crippen molar-refractivity contribution in [2.45, 2.75) is 142 Å². The van der Waals surface area contributed by atoms with Crippen LogP contribution in [0.2, 0.25) is 0 Å². The number of benzene rings is 1. The van der Waals surface area contributed by atoms with Gasteiger partial charge < -0.3 is 17.5 Å². The molecule has 3 nitrogen and oxygen atoms in total. The Morgan fingerprint density at radius 2 is 1.14 bits per heavy atom. The van der Waals surface area contributed by atoms with Crippen LogP contribution in [0.15, 0.2) is 35.3 Å². The highest BCUT2D eigenvalue weighted by atomic mass is 35.5. The molecule has 0 saturated heterocycles. The molecule has 0 bridgehead atoms. The molecule has 1 atom stereocenters. The monoisotopic (exact) mass is 534 g/mol. The van der Waals surface area contributed by atoms with E-state index >= 15 is 0 Å². The molecule has 0 saturated carbocycles. The van der Waals surface area contributed by atoms with Gasteiger partial charge in [-0.05, 0) is 6.42 Å². The summed E-state index contributed by atoms with van der Waals surface area (Å²) in [5.74, 6) is 1.33. The zero-order valence-corrected chi connectivity index (χ0v) is 25.0. The van der Waals surface area contributed by atoms with Crippen molar-refractivity contribution in [2.24, 2.45) is 4.99 Å². The lowest BCUT2D eigenvalue weighted by Gasteiger charge is -2.34. The lowest BCUT2D eigenvalue weighted by molar-refractivity contribution is -0.850. The Bertz CT molecular complexity index is 666. The van der Waals surface area contributed by atoms with E-state index in [2.05, 4.69) is 37.3 Å². The highest BCUT2D eigenvalue weighted by Crippen LogP contribution is 2.24. The maximum absolute atomic E-state index is 9.75. The fourth-order valence-electron chi connectivity index (χ4n) is 5.94. The number of halogens is 1. The van der Waals surface area contributed by atoms with E-state index in [0.29, 0.717) is 0 Å². The Balaban J connectivity index is 0.00000684. The van der Waals surface area contributed by atoms with Crippen LogP contribution in [0.4, 0.5) is 0 Å². The standard InChI is InChI=1S/C33H59N2O.ClH/c1-2-3-4-5-6-7-8-9-10-11-12-13-14-15-16-17-18-19-23-26-33-34-27-28-35(33,29-30-36)31-32-24-21-20-22-25-32;/h20-22,24-25,36H,2-19,23,26-31H2,1H3;1H/q+1;/p-1. The van der Waals surface area contributed by atoms with Crippen LogP contribution in [-0.2, 0) is 6.54 Å². The summed E-state index contributed by atoms with van der Waals surface area (Å²) in [6, 6.07) is 10.7. The number of hydrogen-bond acceptors (Lipinski definition) is 2. The predicted molar refractivity (Wildman–Crippen MR) is 158 cm³/mol. The molecule has 2 rings (SSSR count). The van der Waals surface area contributed by atoms with Crippen LogP contribution in [0.3, 0.4) is 0 Å². The Labute approximate surface area is 236 Å². The van der Waals surface area contributed by atoms with Crippen molar-refractivity contribution < 1.29 is 22.0 Å². The molecule has 0 fully saturated rings. The zero-order chi connectivity index (χ0) is 25.6. The van der Waals surface area contributed by atoms with E-state index in [1.54, 1.807) is 0 Å². The third-order valence-corrected chi connectivity index (χ3v) is 8.23. The smallest absolute Gasteiger partial charge is 0.198 e. The molecule has 0 amide bonds. The molecule has 1 aliphatic heterocycles. The molecular weight excluding hydrogens is 476 g/mol. The molecule has 0 radical (unpaired) electrons. The van der Waals surface area contributed by atoms with Gasteiger partial charge in [0.05, 0.1) is 13.2 Å². The van der Waals surface area contributed by atoms with Gasteiger partial charge in [-0.3, -0.25) is 4.48 Å². The van der Waals surface area contributed by atoms with Crippen molar-refractivity contribution in [3.63, 3.8) is 0 Å². The molecule has 0 aliphatic carbocycles. The second-order valence-corrected chi connectivity index (χ2v) is 11.4. The number of rotatable bonds is 24. The summed E-state index contributed by atoms with van der Waals surface area (Å²) in [4.78, 5) is 4.90. The summed E-state index contributed by atoms with van der Waals surface area (Å²) in [5, 5.41) is 9.75. The number of amidine groups is 1. The highest BCUT2D eigenvalue weighted by molar-refractivity contribution is 5.76. The van der Waals surface area contributed by atoms with Gasteiger partial charge in [0.2, 0.25) is 0 Å². The van der Waals surface area contributed by atoms with E-state index in [0.717, 1.165) is 37.1 Å². The predicted octanol–water partition coefficient (Wildman–Crippen LogP) is 6.23. The number of nitrogens with zero attached hydrogens (tertiary/aromatic N) is 2. The topological polar surface area (TPSA) is 32.6 Å². The first-order chi connectivity index (χ1) is 17.8. The Morgan fingerprint density at radius 3 is 1.59 bits per heavy atom. The summed E-state index contributed by atoms with van der Waals surface area (Å²) in [6.45, 7) is 6.27. The molecular formula is C33H59ClN2O. The zero-order valence-electron chi connectivity index (χ0n) is 24.3. The molecule has 0 spiro atoms. The molecule has 1 aliphatic rings. The van der Waals surface area contributed by atoms with Gasteiger partial charge in [-0.25, -0.2) is 4.99 Å². The minimum Gasteiger partial charge on any atom is -1.00 e. The second-order valence-electron chi connectivity index (χ2n) is 11.4. The fourth-order valence-corrected chi connectivity index (χ4v) is 5.94. The average Bonchev–Trinajstić information content (AvgIpc) is 3.27. The van der Waals surface area contributed by atoms with Gasteiger partial charge in [-0.1, -0.05) is 153 Å². The van der Waals surface area contributed by atoms with Crippen molar-refractivity contribution in [1.29, 1.82) is 0 Å². The van der Waals surface area contributed by atoms with Crippen LogP contribution in [0.1, 0.15) is 141 Å². The number of aliphatic hydroxyl groups is 1. The average molecular weight is 535 g/mol. The van der Waals surface area contributed by atoms with Gasteiger partial charge in [-0.15, -0.1) is 0 Å². The van der Waals surface area contributed by atoms with Crippen LogP contribution < -0.4 is 12.4 Å². The van der Waals surface area contributed by atoms with Gasteiger partial charge in [0, 0.05) is 12.0 Å². The number of aliphatic hydroxyl groups excluding tert-OH is 1. The van der Waals surface area contributed by atoms with E-state index in [-0.39, 0.29) is 19.0 Å². The Kier molecular flexibility index (Phi) is 21.2. The third kappa shape index (κ3) is 15.3. The largest absolute Gasteiger partial charge is 1.00 e. The Morgan fingerprint density at radius 1 is 0.676 bits per heavy atom. The maximum Gasteiger partial charge on any atom is 0.198 e. The molecule has 1 unspecified atom stereocenters. The third-order valence-electron chi connectivity index (χ3n) is 8.23. The molecule has 4 heteroatoms. The quantitative estimate of drug-likeness (QED) is 0.124. The van der Waals surface area contributed by atoms with Crippen LogP contribution in [0.5, 0.6) is 0 Å². The molecule has 1 aromatic carbocycles. The van der Waals surface area contributed by atoms with Crippen LogP contribution >= 0.6 is 0 Å². The number of hydrogen-bond donors (Lipinski definition) is 1. The van der Waals surface area contributed by atoms with Crippen LogP contribution in [0, 0.1) is 0 Å². The first-order valence-corrected chi connectivity index (χ1v) is 15.9. The van der Waals surface area contributed by atoms with Gasteiger partial charge in [0.1, 0.15) is 19.6 Å². The van der Waals surface area contributed by atoms with Gasteiger partial charge >= 0.3 is 0 Å². The number of unbranched alkanes of at least 4 members (excludes halogenated alkanes) is 18. The van der Waals surface area contributed by atoms with E-state index in [9.17, 15) is 5.11 Å². The maximum atomic E-state index is 9.75. The minimum atomic E-state index is 0. The van der Waals surface area contributed by atoms with E-state index in [4.69, 9.17) is 4.99 Å². The lowest BCUT2D eigenvalue weighted by Crippen LogP contribution is -3.00. The summed E-state index contributed by atoms with van der Waals surface area (Å²) < 4.78 is 0.875. The van der Waals surface area contributed by atoms with Crippen LogP contribution in [-0.4, -0.2) is 41.7 Å². The normalized spacial score (nSPS) is 17.1. The number of quaternary nitrogens is 1. The van der Waals surface area contributed by atoms with Crippen molar-refractivity contribution in [3.8, 4) is 0 Å². The van der Waals surface area contributed by atoms with E-state index < -0.39 is 0 Å². The van der Waals surface area contributed by atoms with Crippen molar-refractivity contribution >= 4 is 5.84 Å². The van der Waals surface area contributed by atoms with Crippen molar-refractivity contribution in [2.75, 3.05) is 26.2 Å². The summed E-state index contributed by atoms with van der Waals surface area (Å²) in [5.41, 5.74) is 1.36. The molecule has 1 aromatic rings. The molecule has 1 heterocycles. The van der Waals surface area contributed by atoms with Gasteiger partial charge in [0.15, 0.2) is 5.84 Å². The first kappa shape index (κ1) is 34.1. The first-order valence-electron chi connectivity index (χ1n) is 15.9. The molecule has 37 heavy (non-hydrogen) atoms. The summed E-state index contributed by atoms with van der Waals surface area (Å²) >= 11 is 0. The number of aliphatic imine (C=N–C) groups is 1. The van der Waals surface area contributed by atoms with Gasteiger partial charge in [0.25, 0.3) is 0 Å². The van der Waals surface area contributed by atoms with E-state index in [1.165, 1.54) is 133 Å². The minimum absolute atomic E-state index is 0. The highest BCUT2D eigenvalue weighted by Gasteiger charge is 2.37. The molecule has 1 N–H and O–H groups in total. The van der Waals surface area contributed by atoms with Crippen molar-refractivity contribution in [1.82, 2.24) is 0 Å². The molecule has 214 valence electrons. The Hall–Kier alpha value is -0.900. The van der Waals surface area contributed by atoms with Crippen LogP contribution in [0.25, 0.3) is 0 Å². The summed E-state index contributed by atoms with van der Waals surface area (Å²) in [7, 11) is 0.